The summed E-state index contributed by atoms with van der Waals surface area (Å²) < 4.78 is 5.41. The monoisotopic (exact) mass is 276 g/mol. The molecule has 2 rings (SSSR count). The molecule has 1 aliphatic heterocycles. The quantitative estimate of drug-likeness (QED) is 0.790. The van der Waals surface area contributed by atoms with Crippen LogP contribution in [-0.2, 0) is 4.74 Å². The van der Waals surface area contributed by atoms with E-state index in [0.29, 0.717) is 13.1 Å². The van der Waals surface area contributed by atoms with E-state index in [1.807, 2.05) is 20.8 Å². The number of rotatable bonds is 1. The van der Waals surface area contributed by atoms with E-state index >= 15 is 0 Å². The summed E-state index contributed by atoms with van der Waals surface area (Å²) in [6, 6.07) is 8.48. The summed E-state index contributed by atoms with van der Waals surface area (Å²) in [6.07, 6.45) is -0.207. The molecule has 4 heteroatoms. The maximum absolute atomic E-state index is 12.0. The van der Waals surface area contributed by atoms with Crippen LogP contribution in [0.3, 0.4) is 0 Å². The Morgan fingerprint density at radius 3 is 2.35 bits per heavy atom. The average molecular weight is 276 g/mol. The molecule has 0 atom stereocenters. The molecule has 0 saturated carbocycles. The topological polar surface area (TPSA) is 32.8 Å². The highest BCUT2D eigenvalue weighted by atomic mass is 16.6. The smallest absolute Gasteiger partial charge is 0.410 e. The van der Waals surface area contributed by atoms with E-state index in [4.69, 9.17) is 4.74 Å². The molecule has 1 aliphatic rings. The second-order valence-corrected chi connectivity index (χ2v) is 6.29. The Morgan fingerprint density at radius 1 is 1.15 bits per heavy atom. The average Bonchev–Trinajstić information content (AvgIpc) is 2.37. The molecule has 1 saturated heterocycles. The summed E-state index contributed by atoms with van der Waals surface area (Å²) in [6.45, 7) is 10.9. The third-order valence-corrected chi connectivity index (χ3v) is 3.30. The van der Waals surface area contributed by atoms with Crippen LogP contribution in [0.5, 0.6) is 0 Å². The zero-order chi connectivity index (χ0) is 14.8. The van der Waals surface area contributed by atoms with E-state index in [0.717, 1.165) is 13.1 Å². The third-order valence-electron chi connectivity index (χ3n) is 3.30. The lowest BCUT2D eigenvalue weighted by molar-refractivity contribution is 0.0240. The van der Waals surface area contributed by atoms with E-state index < -0.39 is 5.60 Å². The summed E-state index contributed by atoms with van der Waals surface area (Å²) in [5.74, 6) is 0. The third kappa shape index (κ3) is 3.89. The van der Waals surface area contributed by atoms with Crippen molar-refractivity contribution in [1.82, 2.24) is 4.90 Å². The minimum Gasteiger partial charge on any atom is -0.444 e. The number of anilines is 1. The number of ether oxygens (including phenoxy) is 1. The molecule has 0 radical (unpaired) electrons. The molecule has 20 heavy (non-hydrogen) atoms. The Bertz CT molecular complexity index is 472. The first-order chi connectivity index (χ1) is 9.35. The Morgan fingerprint density at radius 2 is 1.80 bits per heavy atom. The van der Waals surface area contributed by atoms with Crippen molar-refractivity contribution in [3.8, 4) is 0 Å². The van der Waals surface area contributed by atoms with Gasteiger partial charge in [-0.3, -0.25) is 0 Å². The Balaban J connectivity index is 1.91. The van der Waals surface area contributed by atoms with Gasteiger partial charge in [-0.1, -0.05) is 12.1 Å². The lowest BCUT2D eigenvalue weighted by Crippen LogP contribution is -2.50. The van der Waals surface area contributed by atoms with Gasteiger partial charge in [0.1, 0.15) is 5.60 Å². The summed E-state index contributed by atoms with van der Waals surface area (Å²) in [5.41, 5.74) is 2.07. The van der Waals surface area contributed by atoms with Crippen molar-refractivity contribution in [1.29, 1.82) is 0 Å². The van der Waals surface area contributed by atoms with Gasteiger partial charge in [0.15, 0.2) is 0 Å². The standard InChI is InChI=1S/C16H24N2O2/c1-13-6-5-7-14(12-13)17-8-10-18(11-9-17)15(19)20-16(2,3)4/h5-7,12H,8-11H2,1-4H3. The zero-order valence-electron chi connectivity index (χ0n) is 12.8. The highest BCUT2D eigenvalue weighted by Crippen LogP contribution is 2.18. The molecular formula is C16H24N2O2. The molecule has 110 valence electrons. The fraction of sp³-hybridized carbons (Fsp3) is 0.562. The van der Waals surface area contributed by atoms with Crippen LogP contribution in [0.2, 0.25) is 0 Å². The fourth-order valence-electron chi connectivity index (χ4n) is 2.30. The molecule has 4 nitrogen and oxygen atoms in total. The van der Waals surface area contributed by atoms with Crippen molar-refractivity contribution < 1.29 is 9.53 Å². The minimum absolute atomic E-state index is 0.207. The van der Waals surface area contributed by atoms with Crippen molar-refractivity contribution in [2.75, 3.05) is 31.1 Å². The van der Waals surface area contributed by atoms with Gasteiger partial charge in [0, 0.05) is 31.9 Å². The van der Waals surface area contributed by atoms with E-state index in [-0.39, 0.29) is 6.09 Å². The van der Waals surface area contributed by atoms with Gasteiger partial charge in [0.2, 0.25) is 0 Å². The molecular weight excluding hydrogens is 252 g/mol. The molecule has 0 bridgehead atoms. The first-order valence-electron chi connectivity index (χ1n) is 7.15. The highest BCUT2D eigenvalue weighted by Gasteiger charge is 2.25. The summed E-state index contributed by atoms with van der Waals surface area (Å²) >= 11 is 0. The molecule has 0 unspecified atom stereocenters. The molecule has 1 aromatic rings. The molecule has 0 aliphatic carbocycles. The van der Waals surface area contributed by atoms with Crippen LogP contribution in [0, 0.1) is 6.92 Å². The number of piperazine rings is 1. The largest absolute Gasteiger partial charge is 0.444 e. The van der Waals surface area contributed by atoms with Gasteiger partial charge in [0.05, 0.1) is 0 Å². The van der Waals surface area contributed by atoms with E-state index in [9.17, 15) is 4.79 Å². The predicted octanol–water partition coefficient (Wildman–Crippen LogP) is 3.05. The number of benzene rings is 1. The normalized spacial score (nSPS) is 16.2. The van der Waals surface area contributed by atoms with E-state index in [1.54, 1.807) is 4.90 Å². The molecule has 1 aromatic carbocycles. The molecule has 1 heterocycles. The number of carbonyl (C=O) groups is 1. The van der Waals surface area contributed by atoms with E-state index in [2.05, 4.69) is 36.1 Å². The molecule has 0 N–H and O–H groups in total. The van der Waals surface area contributed by atoms with Gasteiger partial charge < -0.3 is 14.5 Å². The molecule has 1 amide bonds. The van der Waals surface area contributed by atoms with Crippen molar-refractivity contribution in [2.24, 2.45) is 0 Å². The summed E-state index contributed by atoms with van der Waals surface area (Å²) in [4.78, 5) is 16.1. The van der Waals surface area contributed by atoms with Crippen LogP contribution in [0.15, 0.2) is 24.3 Å². The van der Waals surface area contributed by atoms with Gasteiger partial charge in [-0.05, 0) is 45.4 Å². The first kappa shape index (κ1) is 14.7. The van der Waals surface area contributed by atoms with Gasteiger partial charge >= 0.3 is 6.09 Å². The second-order valence-electron chi connectivity index (χ2n) is 6.29. The highest BCUT2D eigenvalue weighted by molar-refractivity contribution is 5.68. The molecule has 0 aromatic heterocycles. The van der Waals surface area contributed by atoms with Gasteiger partial charge in [-0.25, -0.2) is 4.79 Å². The van der Waals surface area contributed by atoms with Crippen molar-refractivity contribution in [3.63, 3.8) is 0 Å². The van der Waals surface area contributed by atoms with Crippen LogP contribution >= 0.6 is 0 Å². The minimum atomic E-state index is -0.426. The van der Waals surface area contributed by atoms with Crippen LogP contribution < -0.4 is 4.90 Å². The lowest BCUT2D eigenvalue weighted by atomic mass is 10.2. The molecule has 1 fully saturated rings. The van der Waals surface area contributed by atoms with Crippen LogP contribution in [0.25, 0.3) is 0 Å². The number of hydrogen-bond acceptors (Lipinski definition) is 3. The first-order valence-corrected chi connectivity index (χ1v) is 7.15. The number of nitrogens with zero attached hydrogens (tertiary/aromatic N) is 2. The fourth-order valence-corrected chi connectivity index (χ4v) is 2.30. The van der Waals surface area contributed by atoms with Crippen LogP contribution in [0.4, 0.5) is 10.5 Å². The van der Waals surface area contributed by atoms with Crippen molar-refractivity contribution in [3.05, 3.63) is 29.8 Å². The maximum Gasteiger partial charge on any atom is 0.410 e. The molecule has 0 spiro atoms. The van der Waals surface area contributed by atoms with Crippen LogP contribution in [0.1, 0.15) is 26.3 Å². The lowest BCUT2D eigenvalue weighted by Gasteiger charge is -2.36. The van der Waals surface area contributed by atoms with Gasteiger partial charge in [0.25, 0.3) is 0 Å². The maximum atomic E-state index is 12.0. The Labute approximate surface area is 121 Å². The second kappa shape index (κ2) is 5.73. The Hall–Kier alpha value is -1.71. The number of aryl methyl sites for hydroxylation is 1. The SMILES string of the molecule is Cc1cccc(N2CCN(C(=O)OC(C)(C)C)CC2)c1. The number of carbonyl (C=O) groups excluding carboxylic acids is 1. The van der Waals surface area contributed by atoms with Crippen LogP contribution in [-0.4, -0.2) is 42.8 Å². The van der Waals surface area contributed by atoms with Crippen molar-refractivity contribution in [2.45, 2.75) is 33.3 Å². The Kier molecular flexibility index (Phi) is 4.21. The number of hydrogen-bond donors (Lipinski definition) is 0. The van der Waals surface area contributed by atoms with E-state index in [1.165, 1.54) is 11.3 Å². The number of amides is 1. The predicted molar refractivity (Wildman–Crippen MR) is 81.2 cm³/mol. The summed E-state index contributed by atoms with van der Waals surface area (Å²) in [5, 5.41) is 0. The summed E-state index contributed by atoms with van der Waals surface area (Å²) in [7, 11) is 0. The van der Waals surface area contributed by atoms with Crippen molar-refractivity contribution >= 4 is 11.8 Å². The zero-order valence-corrected chi connectivity index (χ0v) is 12.8. The van der Waals surface area contributed by atoms with Gasteiger partial charge in [-0.15, -0.1) is 0 Å². The van der Waals surface area contributed by atoms with Gasteiger partial charge in [-0.2, -0.15) is 0 Å².